The predicted octanol–water partition coefficient (Wildman–Crippen LogP) is 25.4. The van der Waals surface area contributed by atoms with E-state index in [0.717, 1.165) is 51.4 Å². The van der Waals surface area contributed by atoms with Crippen molar-refractivity contribution in [1.29, 1.82) is 0 Å². The van der Waals surface area contributed by atoms with Gasteiger partial charge in [0, 0.05) is 39.0 Å². The van der Waals surface area contributed by atoms with Crippen LogP contribution in [0.1, 0.15) is 364 Å². The molecular weight excluding hydrogens is 899 g/mol. The summed E-state index contributed by atoms with van der Waals surface area (Å²) in [5, 5.41) is 0. The first-order chi connectivity index (χ1) is 31.3. The summed E-state index contributed by atoms with van der Waals surface area (Å²) in [5.74, 6) is 0. The normalized spacial score (nSPS) is 9.45. The quantitative estimate of drug-likeness (QED) is 0.0326. The molecule has 0 aliphatic rings. The number of unbranched alkanes of at least 4 members (excludes halogenated alkanes) is 40. The van der Waals surface area contributed by atoms with Crippen molar-refractivity contribution in [3.8, 4) is 0 Å². The Labute approximate surface area is 455 Å². The van der Waals surface area contributed by atoms with E-state index < -0.39 is 0 Å². The number of hydrogen-bond acceptors (Lipinski definition) is 0. The van der Waals surface area contributed by atoms with Gasteiger partial charge in [-0.2, -0.15) is 51.4 Å². The van der Waals surface area contributed by atoms with Gasteiger partial charge in [-0.15, -0.1) is 0 Å². The predicted molar refractivity (Wildman–Crippen MR) is 310 cm³/mol. The Hall–Kier alpha value is 1.25. The van der Waals surface area contributed by atoms with E-state index in [1.165, 1.54) is 257 Å². The molecule has 0 nitrogen and oxygen atoms in total. The monoisotopic (exact) mass is 1030 g/mol. The number of rotatable bonds is 40. The van der Waals surface area contributed by atoms with Crippen LogP contribution in [0.3, 0.4) is 0 Å². The third-order valence-corrected chi connectivity index (χ3v) is 10.8. The van der Waals surface area contributed by atoms with E-state index in [0.29, 0.717) is 0 Å². The molecule has 0 N–H and O–H groups in total. The van der Waals surface area contributed by atoms with E-state index in [9.17, 15) is 0 Å². The molecule has 66 heavy (non-hydrogen) atoms. The molecule has 0 radical (unpaired) electrons. The molecule has 0 fully saturated rings. The Morgan fingerprint density at radius 3 is 0.273 bits per heavy atom. The Morgan fingerprint density at radius 2 is 0.212 bits per heavy atom. The van der Waals surface area contributed by atoms with Crippen LogP contribution in [0.2, 0.25) is 0 Å². The summed E-state index contributed by atoms with van der Waals surface area (Å²) < 4.78 is 0. The summed E-state index contributed by atoms with van der Waals surface area (Å²) in [5.41, 5.74) is 0. The summed E-state index contributed by atoms with van der Waals surface area (Å²) in [4.78, 5) is 0. The number of hydrogen-bond donors (Lipinski definition) is 0. The molecular formula is C64H136Zn2-8. The Kier molecular flexibility index (Phi) is 159. The fourth-order valence-corrected chi connectivity index (χ4v) is 6.24. The zero-order valence-corrected chi connectivity index (χ0v) is 54.9. The average Bonchev–Trinajstić information content (AvgIpc) is 3.32. The van der Waals surface area contributed by atoms with Crippen molar-refractivity contribution in [1.82, 2.24) is 0 Å². The zero-order chi connectivity index (χ0) is 49.9. The topological polar surface area (TPSA) is 0 Å². The Balaban J connectivity index is -0.0000000676. The first kappa shape index (κ1) is 90.1. The van der Waals surface area contributed by atoms with Gasteiger partial charge in [0.25, 0.3) is 0 Å². The average molecular weight is 1040 g/mol. The van der Waals surface area contributed by atoms with Crippen LogP contribution in [0.15, 0.2) is 0 Å². The molecule has 0 aliphatic carbocycles. The molecule has 2 heteroatoms. The minimum Gasteiger partial charge on any atom is -0.343 e. The van der Waals surface area contributed by atoms with Crippen molar-refractivity contribution >= 4 is 0 Å². The van der Waals surface area contributed by atoms with E-state index in [2.05, 4.69) is 111 Å². The second-order valence-electron chi connectivity index (χ2n) is 18.1. The van der Waals surface area contributed by atoms with Crippen LogP contribution in [0.4, 0.5) is 0 Å². The van der Waals surface area contributed by atoms with Gasteiger partial charge in [0.05, 0.1) is 0 Å². The van der Waals surface area contributed by atoms with Crippen molar-refractivity contribution < 1.29 is 39.0 Å². The standard InChI is InChI=1S/8C8H17.2Zn/c8*1-3-5-7-8-6-4-2;;/h8*1,3-8H2,2H3;;/q8*-1;;. The van der Waals surface area contributed by atoms with E-state index >= 15 is 0 Å². The van der Waals surface area contributed by atoms with Crippen LogP contribution in [-0.2, 0) is 39.0 Å². The van der Waals surface area contributed by atoms with Crippen LogP contribution in [-0.4, -0.2) is 0 Å². The largest absolute Gasteiger partial charge is 0.343 e. The second kappa shape index (κ2) is 116. The molecule has 0 spiro atoms. The van der Waals surface area contributed by atoms with Gasteiger partial charge in [0.1, 0.15) is 0 Å². The summed E-state index contributed by atoms with van der Waals surface area (Å²) in [6.45, 7) is 48.2. The van der Waals surface area contributed by atoms with Crippen molar-refractivity contribution in [2.45, 2.75) is 364 Å². The van der Waals surface area contributed by atoms with Crippen LogP contribution < -0.4 is 0 Å². The third kappa shape index (κ3) is 158. The maximum Gasteiger partial charge on any atom is 0 e. The maximum atomic E-state index is 3.78. The van der Waals surface area contributed by atoms with E-state index in [-0.39, 0.29) is 39.0 Å². The van der Waals surface area contributed by atoms with Crippen molar-refractivity contribution in [3.63, 3.8) is 0 Å². The molecule has 0 aromatic carbocycles. The molecule has 0 saturated heterocycles. The molecule has 0 rings (SSSR count). The van der Waals surface area contributed by atoms with Gasteiger partial charge in [-0.3, -0.25) is 0 Å². The molecule has 0 aliphatic heterocycles. The minimum absolute atomic E-state index is 0. The second-order valence-corrected chi connectivity index (χ2v) is 18.1. The molecule has 404 valence electrons. The summed E-state index contributed by atoms with van der Waals surface area (Å²) >= 11 is 0. The van der Waals surface area contributed by atoms with Gasteiger partial charge in [0.15, 0.2) is 0 Å². The molecule has 0 bridgehead atoms. The van der Waals surface area contributed by atoms with Gasteiger partial charge in [0.2, 0.25) is 0 Å². The molecule has 0 unspecified atom stereocenters. The van der Waals surface area contributed by atoms with Crippen LogP contribution in [0.5, 0.6) is 0 Å². The molecule has 0 saturated carbocycles. The summed E-state index contributed by atoms with van der Waals surface area (Å²) in [6, 6.07) is 0. The zero-order valence-electron chi connectivity index (χ0n) is 49.0. The van der Waals surface area contributed by atoms with Gasteiger partial charge in [-0.25, -0.2) is 0 Å². The fraction of sp³-hybridized carbons (Fsp3) is 0.875. The maximum absolute atomic E-state index is 3.78. The van der Waals surface area contributed by atoms with Crippen LogP contribution in [0.25, 0.3) is 0 Å². The molecule has 0 atom stereocenters. The summed E-state index contributed by atoms with van der Waals surface area (Å²) in [6.07, 6.45) is 63.8. The van der Waals surface area contributed by atoms with Gasteiger partial charge >= 0.3 is 0 Å². The SMILES string of the molecule is [CH2-]CCCCCCC.[CH2-]CCCCCCC.[CH2-]CCCCCCC.[CH2-]CCCCCCC.[CH2-]CCCCCCC.[CH2-]CCCCCCC.[CH2-]CCCCCCC.[CH2-]CCCCCCC.[Zn].[Zn]. The van der Waals surface area contributed by atoms with Crippen molar-refractivity contribution in [2.24, 2.45) is 0 Å². The minimum atomic E-state index is 0. The van der Waals surface area contributed by atoms with Crippen LogP contribution in [0, 0.1) is 55.4 Å². The van der Waals surface area contributed by atoms with E-state index in [1.54, 1.807) is 0 Å². The van der Waals surface area contributed by atoms with Gasteiger partial charge in [-0.05, 0) is 0 Å². The van der Waals surface area contributed by atoms with E-state index in [1.807, 2.05) is 0 Å². The van der Waals surface area contributed by atoms with Crippen molar-refractivity contribution in [3.05, 3.63) is 55.4 Å². The first-order valence-electron chi connectivity index (χ1n) is 29.7. The summed E-state index contributed by atoms with van der Waals surface area (Å²) in [7, 11) is 0. The Morgan fingerprint density at radius 1 is 0.136 bits per heavy atom. The molecule has 0 heterocycles. The van der Waals surface area contributed by atoms with Gasteiger partial charge < -0.3 is 55.4 Å². The fourth-order valence-electron chi connectivity index (χ4n) is 6.24. The Bertz CT molecular complexity index is 357. The van der Waals surface area contributed by atoms with E-state index in [4.69, 9.17) is 0 Å². The molecule has 0 amide bonds. The van der Waals surface area contributed by atoms with Crippen LogP contribution >= 0.6 is 0 Å². The van der Waals surface area contributed by atoms with Crippen molar-refractivity contribution in [2.75, 3.05) is 0 Å². The molecule has 0 aromatic heterocycles. The third-order valence-electron chi connectivity index (χ3n) is 10.8. The van der Waals surface area contributed by atoms with Gasteiger partial charge in [-0.1, -0.05) is 312 Å². The smallest absolute Gasteiger partial charge is 0 e. The molecule has 0 aromatic rings. The first-order valence-corrected chi connectivity index (χ1v) is 29.7.